The van der Waals surface area contributed by atoms with E-state index in [1.807, 2.05) is 69.3 Å². The Kier molecular flexibility index (Phi) is 9.57. The molecule has 31 heavy (non-hydrogen) atoms. The maximum Gasteiger partial charge on any atom is 0.261 e. The molecule has 0 saturated carbocycles. The van der Waals surface area contributed by atoms with Crippen LogP contribution in [0.25, 0.3) is 0 Å². The number of carbonyl (C=O) groups is 2. The molecule has 0 aliphatic carbocycles. The summed E-state index contributed by atoms with van der Waals surface area (Å²) in [5.74, 6) is 0.766. The van der Waals surface area contributed by atoms with E-state index in [0.29, 0.717) is 31.2 Å². The van der Waals surface area contributed by atoms with Crippen molar-refractivity contribution >= 4 is 11.8 Å². The standard InChI is InChI=1S/C26H36N2O3/c1-6-16-27-26(30)24(7-2)28(17-21-10-8-20(5)9-11-21)25(29)18-31-23-14-12-22(13-15-23)19(3)4/h8-15,19,24H,6-7,16-18H2,1-5H3,(H,27,30)/t24-/m1/s1. The fourth-order valence-corrected chi connectivity index (χ4v) is 3.35. The Labute approximate surface area is 186 Å². The van der Waals surface area contributed by atoms with Gasteiger partial charge < -0.3 is 15.0 Å². The SMILES string of the molecule is CCCNC(=O)[C@@H](CC)N(Cc1ccc(C)cc1)C(=O)COc1ccc(C(C)C)cc1. The van der Waals surface area contributed by atoms with E-state index in [2.05, 4.69) is 19.2 Å². The fraction of sp³-hybridized carbons (Fsp3) is 0.462. The normalized spacial score (nSPS) is 11.8. The third-order valence-electron chi connectivity index (χ3n) is 5.32. The van der Waals surface area contributed by atoms with Crippen LogP contribution < -0.4 is 10.1 Å². The Morgan fingerprint density at radius 1 is 1.00 bits per heavy atom. The number of benzene rings is 2. The van der Waals surface area contributed by atoms with Gasteiger partial charge in [-0.05, 0) is 48.9 Å². The first-order valence-corrected chi connectivity index (χ1v) is 11.2. The van der Waals surface area contributed by atoms with Crippen molar-refractivity contribution in [2.75, 3.05) is 13.2 Å². The zero-order valence-electron chi connectivity index (χ0n) is 19.5. The van der Waals surface area contributed by atoms with Crippen molar-refractivity contribution in [3.8, 4) is 5.75 Å². The quantitative estimate of drug-likeness (QED) is 0.562. The zero-order chi connectivity index (χ0) is 22.8. The minimum atomic E-state index is -0.535. The Morgan fingerprint density at radius 2 is 1.65 bits per heavy atom. The Hall–Kier alpha value is -2.82. The van der Waals surface area contributed by atoms with Crippen LogP contribution in [-0.4, -0.2) is 35.9 Å². The predicted octanol–water partition coefficient (Wildman–Crippen LogP) is 4.83. The number of hydrogen-bond acceptors (Lipinski definition) is 3. The van der Waals surface area contributed by atoms with Crippen LogP contribution in [0.3, 0.4) is 0 Å². The van der Waals surface area contributed by atoms with Crippen LogP contribution in [0.2, 0.25) is 0 Å². The van der Waals surface area contributed by atoms with Gasteiger partial charge in [0.05, 0.1) is 0 Å². The predicted molar refractivity (Wildman–Crippen MR) is 125 cm³/mol. The van der Waals surface area contributed by atoms with Gasteiger partial charge in [-0.1, -0.05) is 69.7 Å². The van der Waals surface area contributed by atoms with E-state index in [9.17, 15) is 9.59 Å². The lowest BCUT2D eigenvalue weighted by Gasteiger charge is -2.30. The molecule has 0 radical (unpaired) electrons. The molecule has 0 aliphatic rings. The van der Waals surface area contributed by atoms with Crippen LogP contribution in [0.15, 0.2) is 48.5 Å². The molecule has 2 aromatic rings. The highest BCUT2D eigenvalue weighted by Gasteiger charge is 2.28. The molecule has 2 amide bonds. The summed E-state index contributed by atoms with van der Waals surface area (Å²) >= 11 is 0. The van der Waals surface area contributed by atoms with E-state index >= 15 is 0 Å². The molecule has 2 rings (SSSR count). The smallest absolute Gasteiger partial charge is 0.261 e. The molecular formula is C26H36N2O3. The third kappa shape index (κ3) is 7.42. The second kappa shape index (κ2) is 12.1. The van der Waals surface area contributed by atoms with Gasteiger partial charge in [-0.3, -0.25) is 9.59 Å². The van der Waals surface area contributed by atoms with Gasteiger partial charge in [0.1, 0.15) is 11.8 Å². The van der Waals surface area contributed by atoms with Gasteiger partial charge in [0, 0.05) is 13.1 Å². The van der Waals surface area contributed by atoms with Crippen LogP contribution in [0.5, 0.6) is 5.75 Å². The van der Waals surface area contributed by atoms with E-state index < -0.39 is 6.04 Å². The number of rotatable bonds is 11. The van der Waals surface area contributed by atoms with Gasteiger partial charge in [-0.2, -0.15) is 0 Å². The lowest BCUT2D eigenvalue weighted by Crippen LogP contribution is -2.50. The summed E-state index contributed by atoms with van der Waals surface area (Å²) in [5.41, 5.74) is 3.36. The van der Waals surface area contributed by atoms with E-state index in [0.717, 1.165) is 17.5 Å². The van der Waals surface area contributed by atoms with Crippen molar-refractivity contribution in [2.45, 2.75) is 66.0 Å². The highest BCUT2D eigenvalue weighted by molar-refractivity contribution is 5.88. The first kappa shape index (κ1) is 24.4. The van der Waals surface area contributed by atoms with Gasteiger partial charge in [0.25, 0.3) is 5.91 Å². The van der Waals surface area contributed by atoms with Crippen LogP contribution in [-0.2, 0) is 16.1 Å². The minimum Gasteiger partial charge on any atom is -0.484 e. The topological polar surface area (TPSA) is 58.6 Å². The molecule has 0 aromatic heterocycles. The number of carbonyl (C=O) groups excluding carboxylic acids is 2. The van der Waals surface area contributed by atoms with Crippen molar-refractivity contribution in [1.82, 2.24) is 10.2 Å². The molecule has 0 bridgehead atoms. The molecule has 1 atom stereocenters. The summed E-state index contributed by atoms with van der Waals surface area (Å²) in [6.07, 6.45) is 1.39. The number of hydrogen-bond donors (Lipinski definition) is 1. The van der Waals surface area contributed by atoms with Crippen molar-refractivity contribution in [2.24, 2.45) is 0 Å². The number of nitrogens with one attached hydrogen (secondary N) is 1. The maximum absolute atomic E-state index is 13.2. The molecule has 1 N–H and O–H groups in total. The van der Waals surface area contributed by atoms with Gasteiger partial charge in [-0.25, -0.2) is 0 Å². The molecular weight excluding hydrogens is 388 g/mol. The maximum atomic E-state index is 13.2. The molecule has 5 heteroatoms. The molecule has 0 aliphatic heterocycles. The summed E-state index contributed by atoms with van der Waals surface area (Å²) < 4.78 is 5.77. The highest BCUT2D eigenvalue weighted by atomic mass is 16.5. The van der Waals surface area contributed by atoms with Gasteiger partial charge >= 0.3 is 0 Å². The van der Waals surface area contributed by atoms with Gasteiger partial charge in [0.2, 0.25) is 5.91 Å². The van der Waals surface area contributed by atoms with Crippen LogP contribution in [0, 0.1) is 6.92 Å². The van der Waals surface area contributed by atoms with Crippen LogP contribution >= 0.6 is 0 Å². The third-order valence-corrected chi connectivity index (χ3v) is 5.32. The first-order valence-electron chi connectivity index (χ1n) is 11.2. The van der Waals surface area contributed by atoms with Crippen molar-refractivity contribution in [3.05, 3.63) is 65.2 Å². The number of aryl methyl sites for hydroxylation is 1. The Morgan fingerprint density at radius 3 is 2.19 bits per heavy atom. The van der Waals surface area contributed by atoms with E-state index in [1.54, 1.807) is 4.90 Å². The van der Waals surface area contributed by atoms with E-state index in [-0.39, 0.29) is 18.4 Å². The summed E-state index contributed by atoms with van der Waals surface area (Å²) in [5, 5.41) is 2.93. The molecule has 0 spiro atoms. The summed E-state index contributed by atoms with van der Waals surface area (Å²) in [6.45, 7) is 11.1. The molecule has 168 valence electrons. The number of amides is 2. The van der Waals surface area contributed by atoms with Crippen molar-refractivity contribution < 1.29 is 14.3 Å². The summed E-state index contributed by atoms with van der Waals surface area (Å²) in [4.78, 5) is 27.6. The fourth-order valence-electron chi connectivity index (χ4n) is 3.35. The van der Waals surface area contributed by atoms with Crippen LogP contribution in [0.4, 0.5) is 0 Å². The largest absolute Gasteiger partial charge is 0.484 e. The number of nitrogens with zero attached hydrogens (tertiary/aromatic N) is 1. The monoisotopic (exact) mass is 424 g/mol. The van der Waals surface area contributed by atoms with Crippen LogP contribution in [0.1, 0.15) is 63.1 Å². The number of ether oxygens (including phenoxy) is 1. The second-order valence-corrected chi connectivity index (χ2v) is 8.23. The minimum absolute atomic E-state index is 0.107. The molecule has 0 saturated heterocycles. The first-order chi connectivity index (χ1) is 14.8. The lowest BCUT2D eigenvalue weighted by atomic mass is 10.0. The Bertz CT molecular complexity index is 829. The van der Waals surface area contributed by atoms with Crippen molar-refractivity contribution in [3.63, 3.8) is 0 Å². The molecule has 5 nitrogen and oxygen atoms in total. The summed E-state index contributed by atoms with van der Waals surface area (Å²) in [7, 11) is 0. The lowest BCUT2D eigenvalue weighted by molar-refractivity contribution is -0.143. The average Bonchev–Trinajstić information content (AvgIpc) is 2.77. The second-order valence-electron chi connectivity index (χ2n) is 8.23. The highest BCUT2D eigenvalue weighted by Crippen LogP contribution is 2.19. The van der Waals surface area contributed by atoms with E-state index in [1.165, 1.54) is 5.56 Å². The van der Waals surface area contributed by atoms with Gasteiger partial charge in [-0.15, -0.1) is 0 Å². The van der Waals surface area contributed by atoms with Gasteiger partial charge in [0.15, 0.2) is 6.61 Å². The van der Waals surface area contributed by atoms with Crippen molar-refractivity contribution in [1.29, 1.82) is 0 Å². The molecule has 0 unspecified atom stereocenters. The zero-order valence-corrected chi connectivity index (χ0v) is 19.5. The Balaban J connectivity index is 2.15. The molecule has 2 aromatic carbocycles. The average molecular weight is 425 g/mol. The summed E-state index contributed by atoms with van der Waals surface area (Å²) in [6, 6.07) is 15.3. The molecule has 0 heterocycles. The van der Waals surface area contributed by atoms with E-state index in [4.69, 9.17) is 4.74 Å². The molecule has 0 fully saturated rings.